The summed E-state index contributed by atoms with van der Waals surface area (Å²) < 4.78 is 0. The molecule has 0 aliphatic heterocycles. The molecule has 36 heavy (non-hydrogen) atoms. The molecule has 1 fully saturated rings. The lowest BCUT2D eigenvalue weighted by molar-refractivity contribution is 0.323. The van der Waals surface area contributed by atoms with Gasteiger partial charge in [-0.05, 0) is 61.4 Å². The Morgan fingerprint density at radius 3 is 2.03 bits per heavy atom. The van der Waals surface area contributed by atoms with Gasteiger partial charge in [0, 0.05) is 38.0 Å². The summed E-state index contributed by atoms with van der Waals surface area (Å²) in [6.45, 7) is 2.03. The van der Waals surface area contributed by atoms with Gasteiger partial charge in [-0.25, -0.2) is 4.98 Å². The van der Waals surface area contributed by atoms with Crippen molar-refractivity contribution in [2.75, 3.05) is 37.4 Å². The van der Waals surface area contributed by atoms with Crippen LogP contribution in [-0.2, 0) is 0 Å². The Morgan fingerprint density at radius 2 is 1.39 bits per heavy atom. The van der Waals surface area contributed by atoms with Gasteiger partial charge in [0.15, 0.2) is 0 Å². The number of fused-ring (bicyclic) bond motifs is 1. The molecular weight excluding hydrogens is 442 g/mol. The van der Waals surface area contributed by atoms with Crippen molar-refractivity contribution in [3.05, 3.63) is 96.1 Å². The third kappa shape index (κ3) is 5.85. The van der Waals surface area contributed by atoms with Gasteiger partial charge in [-0.2, -0.15) is 4.98 Å². The average molecular weight is 480 g/mol. The molecule has 0 atom stereocenters. The van der Waals surface area contributed by atoms with E-state index < -0.39 is 0 Å². The molecule has 0 spiro atoms. The minimum absolute atomic E-state index is 0.376. The molecule has 186 valence electrons. The molecule has 0 bridgehead atoms. The number of aromatic nitrogens is 2. The lowest BCUT2D eigenvalue weighted by Crippen LogP contribution is -2.33. The second-order valence-electron chi connectivity index (χ2n) is 10.2. The second kappa shape index (κ2) is 11.5. The van der Waals surface area contributed by atoms with Gasteiger partial charge < -0.3 is 15.5 Å². The minimum Gasteiger partial charge on any atom is -0.362 e. The van der Waals surface area contributed by atoms with Crippen LogP contribution in [-0.4, -0.2) is 43.2 Å². The lowest BCUT2D eigenvalue weighted by atomic mass is 9.85. The third-order valence-corrected chi connectivity index (χ3v) is 7.37. The fraction of sp³-hybridized carbons (Fsp3) is 0.355. The van der Waals surface area contributed by atoms with E-state index in [9.17, 15) is 0 Å². The quantitative estimate of drug-likeness (QED) is 0.304. The van der Waals surface area contributed by atoms with Crippen molar-refractivity contribution in [3.8, 4) is 0 Å². The van der Waals surface area contributed by atoms with E-state index >= 15 is 0 Å². The number of para-hydroxylation sites is 1. The number of nitrogens with one attached hydrogen (secondary N) is 2. The highest BCUT2D eigenvalue weighted by Crippen LogP contribution is 2.29. The van der Waals surface area contributed by atoms with Gasteiger partial charge in [0.25, 0.3) is 0 Å². The highest BCUT2D eigenvalue weighted by Gasteiger charge is 2.23. The van der Waals surface area contributed by atoms with Crippen molar-refractivity contribution in [1.29, 1.82) is 0 Å². The first kappa shape index (κ1) is 24.3. The summed E-state index contributed by atoms with van der Waals surface area (Å²) in [5, 5.41) is 8.53. The maximum atomic E-state index is 4.83. The number of anilines is 2. The molecular formula is C31H37N5. The zero-order chi connectivity index (χ0) is 24.7. The molecule has 0 unspecified atom stereocenters. The van der Waals surface area contributed by atoms with Crippen LogP contribution in [0.15, 0.2) is 84.9 Å². The first-order chi connectivity index (χ1) is 17.7. The van der Waals surface area contributed by atoms with E-state index in [2.05, 4.69) is 88.3 Å². The summed E-state index contributed by atoms with van der Waals surface area (Å²) in [7, 11) is 4.08. The number of benzene rings is 3. The van der Waals surface area contributed by atoms with E-state index in [4.69, 9.17) is 9.97 Å². The molecule has 0 radical (unpaired) electrons. The summed E-state index contributed by atoms with van der Waals surface area (Å²) in [5.41, 5.74) is 3.73. The molecule has 3 aromatic carbocycles. The fourth-order valence-corrected chi connectivity index (χ4v) is 5.39. The van der Waals surface area contributed by atoms with Crippen molar-refractivity contribution >= 4 is 22.7 Å². The van der Waals surface area contributed by atoms with E-state index in [1.807, 2.05) is 26.2 Å². The largest absolute Gasteiger partial charge is 0.362 e. The second-order valence-corrected chi connectivity index (χ2v) is 10.2. The standard InChI is InChI=1S/C31H37N5/c1-36(2)30-27-15-9-10-16-29(27)34-31(35-30)33-26-19-17-23(18-20-26)21-32-22-28(24-11-5-3-6-12-24)25-13-7-4-8-14-25/h3-16,23,26,28,32H,17-22H2,1-2H3,(H,33,34,35). The van der Waals surface area contributed by atoms with Crippen molar-refractivity contribution in [2.45, 2.75) is 37.6 Å². The predicted octanol–water partition coefficient (Wildman–Crippen LogP) is 6.09. The molecule has 0 amide bonds. The molecule has 1 aromatic heterocycles. The van der Waals surface area contributed by atoms with Crippen molar-refractivity contribution < 1.29 is 0 Å². The zero-order valence-electron chi connectivity index (χ0n) is 21.4. The highest BCUT2D eigenvalue weighted by molar-refractivity contribution is 5.90. The van der Waals surface area contributed by atoms with E-state index in [0.717, 1.165) is 48.6 Å². The zero-order valence-corrected chi connectivity index (χ0v) is 21.4. The van der Waals surface area contributed by atoms with E-state index in [1.54, 1.807) is 0 Å². The molecule has 5 heteroatoms. The summed E-state index contributed by atoms with van der Waals surface area (Å²) >= 11 is 0. The molecule has 5 rings (SSSR count). The van der Waals surface area contributed by atoms with Crippen LogP contribution in [0.4, 0.5) is 11.8 Å². The van der Waals surface area contributed by atoms with Gasteiger partial charge in [0.2, 0.25) is 5.95 Å². The maximum absolute atomic E-state index is 4.83. The Morgan fingerprint density at radius 1 is 0.778 bits per heavy atom. The van der Waals surface area contributed by atoms with Gasteiger partial charge in [0.05, 0.1) is 5.52 Å². The normalized spacial score (nSPS) is 17.9. The lowest BCUT2D eigenvalue weighted by Gasteiger charge is -2.30. The fourth-order valence-electron chi connectivity index (χ4n) is 5.39. The van der Waals surface area contributed by atoms with E-state index in [1.165, 1.54) is 24.0 Å². The highest BCUT2D eigenvalue weighted by atomic mass is 15.2. The topological polar surface area (TPSA) is 53.1 Å². The Bertz CT molecular complexity index is 1190. The average Bonchev–Trinajstić information content (AvgIpc) is 2.92. The molecule has 0 saturated heterocycles. The molecule has 5 nitrogen and oxygen atoms in total. The van der Waals surface area contributed by atoms with Crippen molar-refractivity contribution in [3.63, 3.8) is 0 Å². The monoisotopic (exact) mass is 479 g/mol. The SMILES string of the molecule is CN(C)c1nc(NC2CCC(CNCC(c3ccccc3)c3ccccc3)CC2)nc2ccccc12. The van der Waals surface area contributed by atoms with Crippen LogP contribution < -0.4 is 15.5 Å². The first-order valence-corrected chi connectivity index (χ1v) is 13.2. The van der Waals surface area contributed by atoms with Crippen LogP contribution in [0.5, 0.6) is 0 Å². The Hall–Kier alpha value is -3.44. The van der Waals surface area contributed by atoms with Gasteiger partial charge >= 0.3 is 0 Å². The molecule has 1 heterocycles. The van der Waals surface area contributed by atoms with Crippen LogP contribution in [0.25, 0.3) is 10.9 Å². The molecule has 2 N–H and O–H groups in total. The van der Waals surface area contributed by atoms with Crippen LogP contribution in [0.3, 0.4) is 0 Å². The molecule has 4 aromatic rings. The summed E-state index contributed by atoms with van der Waals surface area (Å²) in [5.74, 6) is 2.80. The van der Waals surface area contributed by atoms with Gasteiger partial charge in [0.1, 0.15) is 5.82 Å². The van der Waals surface area contributed by atoms with E-state index in [-0.39, 0.29) is 0 Å². The van der Waals surface area contributed by atoms with E-state index in [0.29, 0.717) is 17.9 Å². The number of hydrogen-bond acceptors (Lipinski definition) is 5. The van der Waals surface area contributed by atoms with Gasteiger partial charge in [-0.15, -0.1) is 0 Å². The van der Waals surface area contributed by atoms with Crippen LogP contribution >= 0.6 is 0 Å². The van der Waals surface area contributed by atoms with Crippen molar-refractivity contribution in [2.24, 2.45) is 5.92 Å². The first-order valence-electron chi connectivity index (χ1n) is 13.2. The number of rotatable bonds is 9. The molecule has 1 aliphatic carbocycles. The smallest absolute Gasteiger partial charge is 0.225 e. The minimum atomic E-state index is 0.376. The predicted molar refractivity (Wildman–Crippen MR) is 151 cm³/mol. The van der Waals surface area contributed by atoms with Crippen LogP contribution in [0.1, 0.15) is 42.7 Å². The summed E-state index contributed by atoms with van der Waals surface area (Å²) in [6, 6.07) is 30.4. The Labute approximate surface area is 215 Å². The third-order valence-electron chi connectivity index (χ3n) is 7.37. The number of hydrogen-bond donors (Lipinski definition) is 2. The number of nitrogens with zero attached hydrogens (tertiary/aromatic N) is 3. The Balaban J connectivity index is 1.15. The summed E-state index contributed by atoms with van der Waals surface area (Å²) in [6.07, 6.45) is 4.75. The van der Waals surface area contributed by atoms with Crippen LogP contribution in [0.2, 0.25) is 0 Å². The van der Waals surface area contributed by atoms with Crippen LogP contribution in [0, 0.1) is 5.92 Å². The Kier molecular flexibility index (Phi) is 7.77. The molecule has 1 saturated carbocycles. The van der Waals surface area contributed by atoms with Gasteiger partial charge in [-0.3, -0.25) is 0 Å². The maximum Gasteiger partial charge on any atom is 0.225 e. The molecule has 1 aliphatic rings. The van der Waals surface area contributed by atoms with Gasteiger partial charge in [-0.1, -0.05) is 72.8 Å². The van der Waals surface area contributed by atoms with Crippen molar-refractivity contribution in [1.82, 2.24) is 15.3 Å². The summed E-state index contributed by atoms with van der Waals surface area (Å²) in [4.78, 5) is 11.7.